The van der Waals surface area contributed by atoms with Crippen LogP contribution in [0.15, 0.2) is 52.0 Å². The summed E-state index contributed by atoms with van der Waals surface area (Å²) in [4.78, 5) is 12.5. The molecule has 152 valence electrons. The van der Waals surface area contributed by atoms with E-state index in [1.165, 1.54) is 36.4 Å². The first kappa shape index (κ1) is 21.2. The van der Waals surface area contributed by atoms with Gasteiger partial charge in [0.25, 0.3) is 10.0 Å². The number of hydrogen-bond donors (Lipinski definition) is 2. The van der Waals surface area contributed by atoms with E-state index < -0.39 is 16.1 Å². The van der Waals surface area contributed by atoms with Crippen LogP contribution in [-0.2, 0) is 14.8 Å². The SMILES string of the molecule is Cc1c(Br)cnn1C(C)C(=O)Nc1ccc(S(=O)(=O)Nc2ccc(Cl)nn2)cc1. The summed E-state index contributed by atoms with van der Waals surface area (Å²) in [6, 6.07) is 8.03. The Hall–Kier alpha value is -2.50. The van der Waals surface area contributed by atoms with E-state index in [4.69, 9.17) is 11.6 Å². The predicted octanol–water partition coefficient (Wildman–Crippen LogP) is 3.40. The van der Waals surface area contributed by atoms with Gasteiger partial charge in [0.2, 0.25) is 5.91 Å². The minimum Gasteiger partial charge on any atom is -0.324 e. The maximum absolute atomic E-state index is 12.5. The molecule has 1 aromatic carbocycles. The first-order valence-corrected chi connectivity index (χ1v) is 11.0. The fourth-order valence-corrected chi connectivity index (χ4v) is 3.81. The molecule has 3 aromatic rings. The van der Waals surface area contributed by atoms with Gasteiger partial charge in [0.05, 0.1) is 21.3 Å². The zero-order chi connectivity index (χ0) is 21.2. The summed E-state index contributed by atoms with van der Waals surface area (Å²) in [7, 11) is -3.86. The first-order valence-electron chi connectivity index (χ1n) is 8.30. The van der Waals surface area contributed by atoms with Gasteiger partial charge in [-0.2, -0.15) is 5.10 Å². The van der Waals surface area contributed by atoms with Crippen molar-refractivity contribution in [2.75, 3.05) is 10.0 Å². The number of nitrogens with one attached hydrogen (secondary N) is 2. The Morgan fingerprint density at radius 2 is 1.86 bits per heavy atom. The summed E-state index contributed by atoms with van der Waals surface area (Å²) in [6.45, 7) is 3.57. The second kappa shape index (κ2) is 8.47. The molecule has 0 radical (unpaired) electrons. The number of nitrogens with zero attached hydrogens (tertiary/aromatic N) is 4. The van der Waals surface area contributed by atoms with E-state index in [9.17, 15) is 13.2 Å². The number of hydrogen-bond acceptors (Lipinski definition) is 6. The Balaban J connectivity index is 1.70. The van der Waals surface area contributed by atoms with Crippen LogP contribution in [0.3, 0.4) is 0 Å². The van der Waals surface area contributed by atoms with Crippen molar-refractivity contribution < 1.29 is 13.2 Å². The number of sulfonamides is 1. The van der Waals surface area contributed by atoms with Crippen LogP contribution >= 0.6 is 27.5 Å². The third-order valence-corrected chi connectivity index (χ3v) is 6.38. The van der Waals surface area contributed by atoms with Crippen molar-refractivity contribution in [3.63, 3.8) is 0 Å². The predicted molar refractivity (Wildman–Crippen MR) is 112 cm³/mol. The Morgan fingerprint density at radius 3 is 2.41 bits per heavy atom. The molecule has 0 aliphatic rings. The molecule has 0 aliphatic carbocycles. The van der Waals surface area contributed by atoms with Crippen LogP contribution in [0.2, 0.25) is 5.15 Å². The van der Waals surface area contributed by atoms with Crippen molar-refractivity contribution >= 4 is 55.0 Å². The minimum atomic E-state index is -3.86. The van der Waals surface area contributed by atoms with Gasteiger partial charge in [-0.3, -0.25) is 14.2 Å². The molecular weight excluding hydrogens is 484 g/mol. The second-order valence-corrected chi connectivity index (χ2v) is 8.98. The first-order chi connectivity index (χ1) is 13.7. The Kier molecular flexibility index (Phi) is 6.20. The molecule has 0 aliphatic heterocycles. The molecule has 2 N–H and O–H groups in total. The summed E-state index contributed by atoms with van der Waals surface area (Å²) < 4.78 is 29.6. The molecule has 1 amide bonds. The number of aromatic nitrogens is 4. The highest BCUT2D eigenvalue weighted by molar-refractivity contribution is 9.10. The van der Waals surface area contributed by atoms with Crippen molar-refractivity contribution in [1.82, 2.24) is 20.0 Å². The van der Waals surface area contributed by atoms with E-state index in [1.807, 2.05) is 6.92 Å². The molecule has 0 fully saturated rings. The lowest BCUT2D eigenvalue weighted by atomic mass is 10.2. The molecule has 0 bridgehead atoms. The van der Waals surface area contributed by atoms with Gasteiger partial charge in [0, 0.05) is 5.69 Å². The second-order valence-electron chi connectivity index (χ2n) is 6.06. The number of benzene rings is 1. The summed E-state index contributed by atoms with van der Waals surface area (Å²) in [5.74, 6) is -0.241. The van der Waals surface area contributed by atoms with Gasteiger partial charge in [0.1, 0.15) is 6.04 Å². The van der Waals surface area contributed by atoms with Crippen molar-refractivity contribution in [2.24, 2.45) is 0 Å². The van der Waals surface area contributed by atoms with Crippen molar-refractivity contribution in [3.05, 3.63) is 57.9 Å². The number of anilines is 2. The topological polar surface area (TPSA) is 119 Å². The molecule has 29 heavy (non-hydrogen) atoms. The van der Waals surface area contributed by atoms with E-state index in [0.29, 0.717) is 5.69 Å². The summed E-state index contributed by atoms with van der Waals surface area (Å²) >= 11 is 9.00. The normalized spacial score (nSPS) is 12.4. The van der Waals surface area contributed by atoms with Crippen LogP contribution in [-0.4, -0.2) is 34.3 Å². The van der Waals surface area contributed by atoms with Crippen LogP contribution < -0.4 is 10.0 Å². The quantitative estimate of drug-likeness (QED) is 0.536. The molecule has 9 nitrogen and oxygen atoms in total. The molecule has 0 saturated heterocycles. The molecule has 2 aromatic heterocycles. The monoisotopic (exact) mass is 498 g/mol. The van der Waals surface area contributed by atoms with Crippen LogP contribution in [0.4, 0.5) is 11.5 Å². The smallest absolute Gasteiger partial charge is 0.263 e. The summed E-state index contributed by atoms with van der Waals surface area (Å²) in [5, 5.41) is 14.3. The van der Waals surface area contributed by atoms with Crippen LogP contribution in [0, 0.1) is 6.92 Å². The third-order valence-electron chi connectivity index (χ3n) is 4.03. The van der Waals surface area contributed by atoms with Crippen molar-refractivity contribution in [3.8, 4) is 0 Å². The number of rotatable bonds is 6. The third kappa shape index (κ3) is 4.92. The van der Waals surface area contributed by atoms with E-state index in [2.05, 4.69) is 41.3 Å². The van der Waals surface area contributed by atoms with Gasteiger partial charge >= 0.3 is 0 Å². The van der Waals surface area contributed by atoms with E-state index in [0.717, 1.165) is 10.2 Å². The van der Waals surface area contributed by atoms with Crippen LogP contribution in [0.1, 0.15) is 18.7 Å². The van der Waals surface area contributed by atoms with E-state index >= 15 is 0 Å². The molecule has 1 unspecified atom stereocenters. The maximum atomic E-state index is 12.5. The van der Waals surface area contributed by atoms with Gasteiger partial charge in [0.15, 0.2) is 11.0 Å². The molecular formula is C17H16BrClN6O3S. The van der Waals surface area contributed by atoms with Crippen LogP contribution in [0.5, 0.6) is 0 Å². The Bertz CT molecular complexity index is 1130. The zero-order valence-corrected chi connectivity index (χ0v) is 18.5. The molecule has 3 rings (SSSR count). The number of carbonyl (C=O) groups excluding carboxylic acids is 1. The molecule has 2 heterocycles. The highest BCUT2D eigenvalue weighted by Gasteiger charge is 2.20. The van der Waals surface area contributed by atoms with Crippen molar-refractivity contribution in [2.45, 2.75) is 24.8 Å². The summed E-state index contributed by atoms with van der Waals surface area (Å²) in [5.41, 5.74) is 1.28. The maximum Gasteiger partial charge on any atom is 0.263 e. The van der Waals surface area contributed by atoms with Gasteiger partial charge in [-0.15, -0.1) is 10.2 Å². The highest BCUT2D eigenvalue weighted by atomic mass is 79.9. The Morgan fingerprint density at radius 1 is 1.17 bits per heavy atom. The van der Waals surface area contributed by atoms with Crippen molar-refractivity contribution in [1.29, 1.82) is 0 Å². The molecule has 12 heteroatoms. The van der Waals surface area contributed by atoms with Crippen LogP contribution in [0.25, 0.3) is 0 Å². The van der Waals surface area contributed by atoms with Gasteiger partial charge < -0.3 is 5.32 Å². The largest absolute Gasteiger partial charge is 0.324 e. The van der Waals surface area contributed by atoms with Gasteiger partial charge in [-0.25, -0.2) is 8.42 Å². The minimum absolute atomic E-state index is 0.00662. The fraction of sp³-hybridized carbons (Fsp3) is 0.176. The number of amides is 1. The molecule has 0 saturated carbocycles. The Labute approximate surface area is 180 Å². The number of carbonyl (C=O) groups is 1. The van der Waals surface area contributed by atoms with E-state index in [1.54, 1.807) is 17.8 Å². The zero-order valence-electron chi connectivity index (χ0n) is 15.3. The lowest BCUT2D eigenvalue weighted by Crippen LogP contribution is -2.25. The van der Waals surface area contributed by atoms with Gasteiger partial charge in [-0.05, 0) is 66.2 Å². The van der Waals surface area contributed by atoms with Gasteiger partial charge in [-0.1, -0.05) is 11.6 Å². The average Bonchev–Trinajstić information content (AvgIpc) is 3.02. The highest BCUT2D eigenvalue weighted by Crippen LogP contribution is 2.21. The summed E-state index contributed by atoms with van der Waals surface area (Å²) in [6.07, 6.45) is 1.62. The molecule has 0 spiro atoms. The number of halogens is 2. The van der Waals surface area contributed by atoms with E-state index in [-0.39, 0.29) is 21.8 Å². The lowest BCUT2D eigenvalue weighted by Gasteiger charge is -2.15. The fourth-order valence-electron chi connectivity index (χ4n) is 2.44. The lowest BCUT2D eigenvalue weighted by molar-refractivity contribution is -0.119. The molecule has 1 atom stereocenters. The standard InChI is InChI=1S/C17H16BrClN6O3S/c1-10-14(18)9-20-25(10)11(2)17(26)21-12-3-5-13(6-4-12)29(27,28)24-16-8-7-15(19)22-23-16/h3-9,11H,1-2H3,(H,21,26)(H,23,24). The average molecular weight is 500 g/mol.